The minimum absolute atomic E-state index is 0.0166. The summed E-state index contributed by atoms with van der Waals surface area (Å²) in [5.41, 5.74) is -2.36. The van der Waals surface area contributed by atoms with Gasteiger partial charge in [-0.1, -0.05) is 72.3 Å². The van der Waals surface area contributed by atoms with E-state index >= 15 is 0 Å². The summed E-state index contributed by atoms with van der Waals surface area (Å²) in [6, 6.07) is 33.6. The smallest absolute Gasteiger partial charge is 0.389 e. The van der Waals surface area contributed by atoms with Crippen molar-refractivity contribution in [3.63, 3.8) is 0 Å². The molecule has 0 aliphatic carbocycles. The molecule has 3 atom stereocenters. The Morgan fingerprint density at radius 1 is 0.783 bits per heavy atom. The number of rotatable bonds is 20. The molecule has 69 heavy (non-hydrogen) atoms. The molecule has 2 heterocycles. The highest BCUT2D eigenvalue weighted by Gasteiger charge is 2.48. The van der Waals surface area contributed by atoms with Crippen LogP contribution in [0.2, 0.25) is 5.02 Å². The Bertz CT molecular complexity index is 2720. The van der Waals surface area contributed by atoms with E-state index < -0.39 is 65.4 Å². The van der Waals surface area contributed by atoms with Gasteiger partial charge in [-0.2, -0.15) is 13.2 Å². The summed E-state index contributed by atoms with van der Waals surface area (Å²) in [4.78, 5) is 18.7. The second-order valence-electron chi connectivity index (χ2n) is 17.7. The zero-order valence-corrected chi connectivity index (χ0v) is 41.1. The molecule has 2 N–H and O–H groups in total. The van der Waals surface area contributed by atoms with E-state index in [0.29, 0.717) is 81.9 Å². The number of carbonyl (C=O) groups excluding carboxylic acids is 1. The SMILES string of the molecule is O=C(CS(=O)(=O)c1ccc(C[C@H](CCN2CCN(C[C@@H](O)CF)CC2)CSc2ccccc2)c(S(=O)(=O)C(F)(F)F)c1)c1ccc(N2CCC([C@@H](O)c3ccccc3-c3ccc(Cl)cc3)CC2)cc1. The molecule has 2 fully saturated rings. The molecule has 5 aromatic carbocycles. The van der Waals surface area contributed by atoms with Gasteiger partial charge >= 0.3 is 5.51 Å². The molecular weight excluding hydrogens is 974 g/mol. The number of halogens is 5. The zero-order chi connectivity index (χ0) is 49.3. The van der Waals surface area contributed by atoms with Gasteiger partial charge in [-0.3, -0.25) is 9.69 Å². The topological polar surface area (TPSA) is 136 Å². The van der Waals surface area contributed by atoms with Crippen LogP contribution in [0.15, 0.2) is 136 Å². The van der Waals surface area contributed by atoms with Gasteiger partial charge in [0.1, 0.15) is 12.4 Å². The maximum atomic E-state index is 14.3. The number of benzene rings is 5. The third-order valence-corrected chi connectivity index (χ3v) is 17.7. The Balaban J connectivity index is 1.02. The highest BCUT2D eigenvalue weighted by molar-refractivity contribution is 7.99. The molecule has 0 bridgehead atoms. The van der Waals surface area contributed by atoms with Crippen LogP contribution in [-0.2, 0) is 26.1 Å². The molecule has 2 saturated heterocycles. The monoisotopic (exact) mass is 1030 g/mol. The number of piperidine rings is 1. The van der Waals surface area contributed by atoms with E-state index in [9.17, 15) is 49.4 Å². The molecule has 2 aliphatic rings. The van der Waals surface area contributed by atoms with E-state index in [0.717, 1.165) is 39.4 Å². The summed E-state index contributed by atoms with van der Waals surface area (Å²) in [6.07, 6.45) is -0.0310. The third-order valence-electron chi connectivity index (χ3n) is 13.0. The number of thioether (sulfide) groups is 1. The van der Waals surface area contributed by atoms with E-state index in [2.05, 4.69) is 9.80 Å². The highest BCUT2D eigenvalue weighted by atomic mass is 35.5. The van der Waals surface area contributed by atoms with Crippen LogP contribution in [0, 0.1) is 11.8 Å². The van der Waals surface area contributed by atoms with Crippen molar-refractivity contribution in [3.05, 3.63) is 143 Å². The maximum absolute atomic E-state index is 14.3. The Morgan fingerprint density at radius 3 is 2.07 bits per heavy atom. The average molecular weight is 1030 g/mol. The van der Waals surface area contributed by atoms with Gasteiger partial charge < -0.3 is 20.0 Å². The number of aliphatic hydroxyl groups excluding tert-OH is 2. The van der Waals surface area contributed by atoms with Gasteiger partial charge in [0.25, 0.3) is 9.84 Å². The normalized spacial score (nSPS) is 17.1. The van der Waals surface area contributed by atoms with Gasteiger partial charge in [0.15, 0.2) is 15.6 Å². The van der Waals surface area contributed by atoms with Crippen LogP contribution < -0.4 is 4.90 Å². The van der Waals surface area contributed by atoms with Gasteiger partial charge in [-0.25, -0.2) is 21.2 Å². The van der Waals surface area contributed by atoms with Crippen LogP contribution in [0.3, 0.4) is 0 Å². The molecule has 370 valence electrons. The Labute approximate surface area is 411 Å². The lowest BCUT2D eigenvalue weighted by atomic mass is 9.84. The number of hydrogen-bond donors (Lipinski definition) is 2. The summed E-state index contributed by atoms with van der Waals surface area (Å²) in [5.74, 6) is -1.85. The van der Waals surface area contributed by atoms with E-state index in [-0.39, 0.29) is 35.9 Å². The molecule has 0 unspecified atom stereocenters. The molecule has 7 rings (SSSR count). The highest BCUT2D eigenvalue weighted by Crippen LogP contribution is 2.39. The Hall–Kier alpha value is -4.33. The molecule has 18 heteroatoms. The summed E-state index contributed by atoms with van der Waals surface area (Å²) in [7, 11) is -10.7. The number of alkyl halides is 4. The second kappa shape index (κ2) is 23.3. The van der Waals surface area contributed by atoms with Gasteiger partial charge in [0.2, 0.25) is 0 Å². The molecule has 5 aromatic rings. The predicted molar refractivity (Wildman–Crippen MR) is 263 cm³/mol. The van der Waals surface area contributed by atoms with Crippen molar-refractivity contribution in [2.45, 2.75) is 58.1 Å². The molecule has 0 radical (unpaired) electrons. The number of aliphatic hydroxyl groups is 2. The molecule has 10 nitrogen and oxygen atoms in total. The predicted octanol–water partition coefficient (Wildman–Crippen LogP) is 9.20. The lowest BCUT2D eigenvalue weighted by Crippen LogP contribution is -2.49. The van der Waals surface area contributed by atoms with Crippen LogP contribution >= 0.6 is 23.4 Å². The first kappa shape index (κ1) is 52.5. The number of ketones is 1. The van der Waals surface area contributed by atoms with Crippen molar-refractivity contribution < 1.29 is 49.4 Å². The standard InChI is InChI=1S/C51H56ClF4N3O7S3/c52-41-15-10-37(11-16-41)46-8-4-5-9-47(46)50(62)39-21-24-59(25-22-39)42-17-12-38(13-18-42)48(61)35-68(63,64)45-19-14-40(49(31-45)69(65,66)51(54,55)56)30-36(34-67-44-6-2-1-3-7-44)20-23-57-26-28-58(29-27-57)33-43(60)32-53/h1-19,31,36,39,43,50,60,62H,20-30,32-35H2/t36-,43-,50+/m0/s1. The summed E-state index contributed by atoms with van der Waals surface area (Å²) >= 11 is 7.58. The fourth-order valence-corrected chi connectivity index (χ4v) is 12.6. The van der Waals surface area contributed by atoms with E-state index in [4.69, 9.17) is 11.6 Å². The molecule has 2 aliphatic heterocycles. The van der Waals surface area contributed by atoms with E-state index in [1.807, 2.05) is 83.8 Å². The van der Waals surface area contributed by atoms with Crippen LogP contribution in [0.4, 0.5) is 23.2 Å². The fraction of sp³-hybridized carbons (Fsp3) is 0.392. The quantitative estimate of drug-likeness (QED) is 0.0439. The third kappa shape index (κ3) is 13.6. The molecule has 0 aromatic heterocycles. The van der Waals surface area contributed by atoms with Gasteiger partial charge in [0.05, 0.1) is 22.0 Å². The zero-order valence-electron chi connectivity index (χ0n) is 37.9. The number of sulfone groups is 2. The minimum atomic E-state index is -6.03. The molecular formula is C51H56ClF4N3O7S3. The molecule has 0 amide bonds. The van der Waals surface area contributed by atoms with Crippen LogP contribution in [0.25, 0.3) is 11.1 Å². The lowest BCUT2D eigenvalue weighted by Gasteiger charge is -2.36. The van der Waals surface area contributed by atoms with Gasteiger partial charge in [-0.15, -0.1) is 11.8 Å². The Kier molecular flexibility index (Phi) is 17.7. The largest absolute Gasteiger partial charge is 0.501 e. The first-order valence-corrected chi connectivity index (χ1v) is 27.4. The van der Waals surface area contributed by atoms with Crippen molar-refractivity contribution >= 4 is 54.5 Å². The molecule has 0 saturated carbocycles. The van der Waals surface area contributed by atoms with Crippen molar-refractivity contribution in [1.82, 2.24) is 9.80 Å². The number of nitrogens with zero attached hydrogens (tertiary/aromatic N) is 3. The summed E-state index contributed by atoms with van der Waals surface area (Å²) < 4.78 is 110. The van der Waals surface area contributed by atoms with Crippen molar-refractivity contribution in [3.8, 4) is 11.1 Å². The number of piperazine rings is 1. The van der Waals surface area contributed by atoms with E-state index in [1.54, 1.807) is 12.1 Å². The van der Waals surface area contributed by atoms with Gasteiger partial charge in [0, 0.05) is 72.7 Å². The van der Waals surface area contributed by atoms with Gasteiger partial charge in [-0.05, 0) is 127 Å². The number of carbonyl (C=O) groups is 1. The summed E-state index contributed by atoms with van der Waals surface area (Å²) in [6.45, 7) is 3.57. The number of hydrogen-bond acceptors (Lipinski definition) is 11. The lowest BCUT2D eigenvalue weighted by molar-refractivity contribution is -0.0436. The first-order chi connectivity index (χ1) is 32.9. The van der Waals surface area contributed by atoms with Crippen molar-refractivity contribution in [2.24, 2.45) is 11.8 Å². The van der Waals surface area contributed by atoms with Crippen molar-refractivity contribution in [1.29, 1.82) is 0 Å². The number of Topliss-reactive ketones (excluding diaryl/α,β-unsaturated/α-hetero) is 1. The number of β-amino-alcohol motifs (C(OH)–C–C–N with tert-alkyl or cyclic N) is 1. The second-order valence-corrected chi connectivity index (χ2v) is 23.2. The van der Waals surface area contributed by atoms with E-state index in [1.165, 1.54) is 23.9 Å². The fourth-order valence-electron chi connectivity index (χ4n) is 9.04. The Morgan fingerprint density at radius 2 is 1.42 bits per heavy atom. The average Bonchev–Trinajstić information content (AvgIpc) is 3.35. The van der Waals surface area contributed by atoms with Crippen LogP contribution in [-0.4, -0.2) is 125 Å². The van der Waals surface area contributed by atoms with Crippen molar-refractivity contribution in [2.75, 3.05) is 75.4 Å². The minimum Gasteiger partial charge on any atom is -0.389 e. The first-order valence-electron chi connectivity index (χ1n) is 22.9. The van der Waals surface area contributed by atoms with Crippen LogP contribution in [0.1, 0.15) is 46.9 Å². The van der Waals surface area contributed by atoms with Crippen LogP contribution in [0.5, 0.6) is 0 Å². The summed E-state index contributed by atoms with van der Waals surface area (Å²) in [5, 5.41) is 21.9. The maximum Gasteiger partial charge on any atom is 0.501 e. The molecule has 0 spiro atoms. The number of anilines is 1.